The van der Waals surface area contributed by atoms with Gasteiger partial charge in [-0.15, -0.1) is 0 Å². The summed E-state index contributed by atoms with van der Waals surface area (Å²) in [4.78, 5) is 17.6. The molecule has 0 bridgehead atoms. The highest BCUT2D eigenvalue weighted by atomic mass is 35.5. The fraction of sp³-hybridized carbons (Fsp3) is 0.708. The average Bonchev–Trinajstić information content (AvgIpc) is 3.30. The van der Waals surface area contributed by atoms with E-state index >= 15 is 0 Å². The maximum absolute atomic E-state index is 13.2. The number of rotatable bonds is 6. The summed E-state index contributed by atoms with van der Waals surface area (Å²) in [5.74, 6) is 0.602. The van der Waals surface area contributed by atoms with Crippen LogP contribution < -0.4 is 4.74 Å². The first-order valence-corrected chi connectivity index (χ1v) is 12.1. The zero-order valence-electron chi connectivity index (χ0n) is 18.2. The molecule has 1 atom stereocenters. The van der Waals surface area contributed by atoms with Crippen molar-refractivity contribution in [2.24, 2.45) is 0 Å². The maximum atomic E-state index is 13.2. The van der Waals surface area contributed by atoms with Crippen LogP contribution in [0.1, 0.15) is 68.1 Å². The second-order valence-electron chi connectivity index (χ2n) is 9.11. The van der Waals surface area contributed by atoms with Crippen molar-refractivity contribution in [3.63, 3.8) is 0 Å². The van der Waals surface area contributed by atoms with E-state index < -0.39 is 0 Å². The van der Waals surface area contributed by atoms with E-state index in [2.05, 4.69) is 4.90 Å². The minimum atomic E-state index is -0.0509. The Morgan fingerprint density at radius 1 is 1.13 bits per heavy atom. The Hall–Kier alpha value is -1.30. The zero-order valence-corrected chi connectivity index (χ0v) is 18.9. The molecular formula is C24H35ClN2O3. The van der Waals surface area contributed by atoms with Crippen LogP contribution in [0.15, 0.2) is 18.2 Å². The number of amides is 1. The summed E-state index contributed by atoms with van der Waals surface area (Å²) in [6, 6.07) is 6.18. The normalized spacial score (nSPS) is 24.1. The van der Waals surface area contributed by atoms with Crippen molar-refractivity contribution >= 4 is 17.5 Å². The molecule has 166 valence electrons. The first kappa shape index (κ1) is 21.9. The summed E-state index contributed by atoms with van der Waals surface area (Å²) in [5, 5.41) is 0.559. The fourth-order valence-electron chi connectivity index (χ4n) is 5.13. The lowest BCUT2D eigenvalue weighted by atomic mass is 10.0. The molecule has 1 aliphatic carbocycles. The van der Waals surface area contributed by atoms with Gasteiger partial charge in [0.1, 0.15) is 11.9 Å². The smallest absolute Gasteiger partial charge is 0.257 e. The number of hydrogen-bond acceptors (Lipinski definition) is 4. The number of carbonyl (C=O) groups is 1. The van der Waals surface area contributed by atoms with E-state index in [4.69, 9.17) is 21.1 Å². The molecule has 1 amide bonds. The molecular weight excluding hydrogens is 400 g/mol. The molecule has 3 aliphatic rings. The van der Waals surface area contributed by atoms with Crippen LogP contribution in [-0.4, -0.2) is 67.2 Å². The van der Waals surface area contributed by atoms with Gasteiger partial charge in [0.05, 0.1) is 11.7 Å². The number of benzene rings is 1. The summed E-state index contributed by atoms with van der Waals surface area (Å²) in [6.07, 6.45) is 11.0. The third-order valence-electron chi connectivity index (χ3n) is 6.88. The van der Waals surface area contributed by atoms with Gasteiger partial charge in [-0.3, -0.25) is 4.79 Å². The Morgan fingerprint density at radius 2 is 1.87 bits per heavy atom. The fourth-order valence-corrected chi connectivity index (χ4v) is 5.30. The number of carbonyl (C=O) groups excluding carboxylic acids is 1. The molecule has 2 aliphatic heterocycles. The lowest BCUT2D eigenvalue weighted by Crippen LogP contribution is -2.43. The number of hydrogen-bond donors (Lipinski definition) is 0. The topological polar surface area (TPSA) is 42.0 Å². The first-order valence-electron chi connectivity index (χ1n) is 11.7. The minimum Gasteiger partial charge on any atom is -0.489 e. The standard InChI is InChI=1S/C24H35ClN2O3/c1-26(17-21-8-4-5-15-29-21)24(28)22-16-18(25)9-10-23(22)30-20-11-13-27(14-12-20)19-6-2-3-7-19/h9-10,16,19-21H,2-8,11-15,17H2,1H3/t21-/m0/s1. The van der Waals surface area contributed by atoms with Gasteiger partial charge in [0.25, 0.3) is 5.91 Å². The molecule has 3 fully saturated rings. The van der Waals surface area contributed by atoms with Crippen LogP contribution in [0.2, 0.25) is 5.02 Å². The molecule has 30 heavy (non-hydrogen) atoms. The monoisotopic (exact) mass is 434 g/mol. The van der Waals surface area contributed by atoms with Crippen molar-refractivity contribution in [3.8, 4) is 5.75 Å². The third kappa shape index (κ3) is 5.49. The van der Waals surface area contributed by atoms with Crippen molar-refractivity contribution < 1.29 is 14.3 Å². The number of piperidine rings is 1. The summed E-state index contributed by atoms with van der Waals surface area (Å²) >= 11 is 6.23. The predicted octanol–water partition coefficient (Wildman–Crippen LogP) is 4.77. The Labute approximate surface area is 185 Å². The molecule has 0 unspecified atom stereocenters. The Bertz CT molecular complexity index is 708. The van der Waals surface area contributed by atoms with E-state index in [1.54, 1.807) is 11.0 Å². The van der Waals surface area contributed by atoms with Crippen LogP contribution in [0.3, 0.4) is 0 Å². The number of likely N-dealkylation sites (tertiary alicyclic amines) is 1. The van der Waals surface area contributed by atoms with Gasteiger partial charge in [0.2, 0.25) is 0 Å². The summed E-state index contributed by atoms with van der Waals surface area (Å²) in [6.45, 7) is 3.57. The first-order chi connectivity index (χ1) is 14.6. The molecule has 1 aromatic rings. The van der Waals surface area contributed by atoms with Gasteiger partial charge < -0.3 is 19.3 Å². The second kappa shape index (κ2) is 10.3. The van der Waals surface area contributed by atoms with E-state index in [9.17, 15) is 4.79 Å². The van der Waals surface area contributed by atoms with Crippen LogP contribution in [0.25, 0.3) is 0 Å². The van der Waals surface area contributed by atoms with Gasteiger partial charge in [0, 0.05) is 44.4 Å². The predicted molar refractivity (Wildman–Crippen MR) is 119 cm³/mol. The SMILES string of the molecule is CN(C[C@@H]1CCCCO1)C(=O)c1cc(Cl)ccc1OC1CCN(C2CCCC2)CC1. The number of nitrogens with zero attached hydrogens (tertiary/aromatic N) is 2. The zero-order chi connectivity index (χ0) is 20.9. The van der Waals surface area contributed by atoms with Gasteiger partial charge in [0.15, 0.2) is 0 Å². The van der Waals surface area contributed by atoms with Crippen molar-refractivity contribution in [3.05, 3.63) is 28.8 Å². The molecule has 0 N–H and O–H groups in total. The van der Waals surface area contributed by atoms with Gasteiger partial charge >= 0.3 is 0 Å². The van der Waals surface area contributed by atoms with Gasteiger partial charge in [-0.2, -0.15) is 0 Å². The van der Waals surface area contributed by atoms with E-state index in [0.717, 1.165) is 57.8 Å². The number of halogens is 1. The summed E-state index contributed by atoms with van der Waals surface area (Å²) in [7, 11) is 1.84. The molecule has 2 saturated heterocycles. The third-order valence-corrected chi connectivity index (χ3v) is 7.12. The lowest BCUT2D eigenvalue weighted by molar-refractivity contribution is -0.000329. The molecule has 0 aromatic heterocycles. The quantitative estimate of drug-likeness (QED) is 0.646. The molecule has 4 rings (SSSR count). The van der Waals surface area contributed by atoms with E-state index in [-0.39, 0.29) is 18.1 Å². The maximum Gasteiger partial charge on any atom is 0.257 e. The van der Waals surface area contributed by atoms with E-state index in [0.29, 0.717) is 22.9 Å². The summed E-state index contributed by atoms with van der Waals surface area (Å²) in [5.41, 5.74) is 0.555. The molecule has 5 nitrogen and oxygen atoms in total. The van der Waals surface area contributed by atoms with Crippen molar-refractivity contribution in [2.75, 3.05) is 33.3 Å². The van der Waals surface area contributed by atoms with Crippen LogP contribution in [0, 0.1) is 0 Å². The van der Waals surface area contributed by atoms with Crippen molar-refractivity contribution in [2.45, 2.75) is 76.0 Å². The largest absolute Gasteiger partial charge is 0.489 e. The molecule has 0 spiro atoms. The molecule has 6 heteroatoms. The van der Waals surface area contributed by atoms with Gasteiger partial charge in [-0.25, -0.2) is 0 Å². The molecule has 1 aromatic carbocycles. The number of likely N-dealkylation sites (N-methyl/N-ethyl adjacent to an activating group) is 1. The van der Waals surface area contributed by atoms with Crippen LogP contribution in [0.4, 0.5) is 0 Å². The average molecular weight is 435 g/mol. The summed E-state index contributed by atoms with van der Waals surface area (Å²) < 4.78 is 12.2. The minimum absolute atomic E-state index is 0.0509. The highest BCUT2D eigenvalue weighted by Gasteiger charge is 2.29. The second-order valence-corrected chi connectivity index (χ2v) is 9.54. The van der Waals surface area contributed by atoms with Gasteiger partial charge in [-0.05, 0) is 63.1 Å². The van der Waals surface area contributed by atoms with Gasteiger partial charge in [-0.1, -0.05) is 24.4 Å². The Kier molecular flexibility index (Phi) is 7.55. The van der Waals surface area contributed by atoms with E-state index in [1.165, 1.54) is 25.7 Å². The van der Waals surface area contributed by atoms with Crippen molar-refractivity contribution in [1.29, 1.82) is 0 Å². The Morgan fingerprint density at radius 3 is 2.57 bits per heavy atom. The molecule has 1 saturated carbocycles. The van der Waals surface area contributed by atoms with Crippen LogP contribution >= 0.6 is 11.6 Å². The molecule has 0 radical (unpaired) electrons. The van der Waals surface area contributed by atoms with Crippen LogP contribution in [-0.2, 0) is 4.74 Å². The Balaban J connectivity index is 1.37. The lowest BCUT2D eigenvalue weighted by Gasteiger charge is -2.36. The molecule has 2 heterocycles. The highest BCUT2D eigenvalue weighted by molar-refractivity contribution is 6.31. The van der Waals surface area contributed by atoms with Crippen molar-refractivity contribution in [1.82, 2.24) is 9.80 Å². The van der Waals surface area contributed by atoms with Crippen LogP contribution in [0.5, 0.6) is 5.75 Å². The van der Waals surface area contributed by atoms with E-state index in [1.807, 2.05) is 19.2 Å². The number of ether oxygens (including phenoxy) is 2. The highest BCUT2D eigenvalue weighted by Crippen LogP contribution is 2.30.